The van der Waals surface area contributed by atoms with Crippen LogP contribution in [-0.4, -0.2) is 122 Å². The molecule has 1 aromatic heterocycles. The predicted molar refractivity (Wildman–Crippen MR) is 285 cm³/mol. The van der Waals surface area contributed by atoms with Crippen LogP contribution in [0, 0.1) is 11.8 Å². The molecule has 14 nitrogen and oxygen atoms in total. The van der Waals surface area contributed by atoms with Gasteiger partial charge in [-0.15, -0.1) is 23.3 Å². The third-order valence-corrected chi connectivity index (χ3v) is 14.7. The SMILES string of the molecule is CN1CCCC1C1=NCC(c2ccc(-c3ccc(-c4ccc5nc(C6CCCN6C)[nH]c5c4)c4c3C3(CCCC3)CC4)cc2)N1.CNC(C=O)C(C)C.COC(=O)NC(C=O)C(C)C.O=CO.SS. The van der Waals surface area contributed by atoms with Gasteiger partial charge in [-0.05, 0) is 154 Å². The predicted octanol–water partition coefficient (Wildman–Crippen LogP) is 9.02. The van der Waals surface area contributed by atoms with E-state index >= 15 is 0 Å². The number of hydrogen-bond donors (Lipinski definition) is 7. The number of rotatable bonds is 11. The first-order chi connectivity index (χ1) is 33.3. The zero-order valence-corrected chi connectivity index (χ0v) is 43.6. The lowest BCUT2D eigenvalue weighted by Gasteiger charge is -2.28. The number of carboxylic acid groups (broad SMARTS) is 1. The van der Waals surface area contributed by atoms with Crippen molar-refractivity contribution >= 4 is 65.3 Å². The van der Waals surface area contributed by atoms with Gasteiger partial charge in [-0.1, -0.05) is 83.0 Å². The van der Waals surface area contributed by atoms with Gasteiger partial charge in [0.25, 0.3) is 6.47 Å². The molecule has 0 bridgehead atoms. The Balaban J connectivity index is 0.000000309. The van der Waals surface area contributed by atoms with Crippen LogP contribution >= 0.6 is 23.3 Å². The molecule has 5 N–H and O–H groups in total. The number of ether oxygens (including phenoxy) is 1. The number of amides is 1. The quantitative estimate of drug-likeness (QED) is 0.0433. The molecule has 69 heavy (non-hydrogen) atoms. The summed E-state index contributed by atoms with van der Waals surface area (Å²) in [6, 6.07) is 21.9. The van der Waals surface area contributed by atoms with Crippen LogP contribution in [0.4, 0.5) is 4.79 Å². The number of hydrogen-bond acceptors (Lipinski definition) is 13. The summed E-state index contributed by atoms with van der Waals surface area (Å²) in [6.45, 7) is 10.6. The van der Waals surface area contributed by atoms with E-state index in [0.717, 1.165) is 36.2 Å². The molecule has 1 spiro atoms. The van der Waals surface area contributed by atoms with Gasteiger partial charge in [0.1, 0.15) is 24.2 Å². The molecule has 5 unspecified atom stereocenters. The lowest BCUT2D eigenvalue weighted by Crippen LogP contribution is -2.40. The number of carbonyl (C=O) groups excluding carboxylic acids is 3. The lowest BCUT2D eigenvalue weighted by atomic mass is 9.76. The molecule has 1 saturated carbocycles. The molecule has 3 aromatic carbocycles. The highest BCUT2D eigenvalue weighted by Gasteiger charge is 2.43. The fourth-order valence-electron chi connectivity index (χ4n) is 10.8. The minimum Gasteiger partial charge on any atom is -0.483 e. The van der Waals surface area contributed by atoms with Crippen LogP contribution in [0.2, 0.25) is 0 Å². The van der Waals surface area contributed by atoms with Crippen LogP contribution in [0.15, 0.2) is 59.6 Å². The Morgan fingerprint density at radius 3 is 1.97 bits per heavy atom. The van der Waals surface area contributed by atoms with Gasteiger partial charge in [0.15, 0.2) is 0 Å². The highest BCUT2D eigenvalue weighted by atomic mass is 33.1. The zero-order valence-electron chi connectivity index (χ0n) is 41.8. The minimum atomic E-state index is -0.573. The average Bonchev–Trinajstić information content (AvgIpc) is 4.24. The lowest BCUT2D eigenvalue weighted by molar-refractivity contribution is -0.123. The van der Waals surface area contributed by atoms with E-state index in [0.29, 0.717) is 29.7 Å². The second kappa shape index (κ2) is 26.5. The number of carbonyl (C=O) groups is 4. The highest BCUT2D eigenvalue weighted by Crippen LogP contribution is 2.55. The molecule has 0 radical (unpaired) electrons. The van der Waals surface area contributed by atoms with Gasteiger partial charge in [-0.2, -0.15) is 0 Å². The van der Waals surface area contributed by atoms with Gasteiger partial charge in [0, 0.05) is 0 Å². The van der Waals surface area contributed by atoms with Crippen molar-refractivity contribution in [3.05, 3.63) is 77.1 Å². The molecule has 9 rings (SSSR count). The van der Waals surface area contributed by atoms with Crippen molar-refractivity contribution in [3.8, 4) is 22.3 Å². The Morgan fingerprint density at radius 1 is 0.841 bits per heavy atom. The van der Waals surface area contributed by atoms with E-state index in [1.54, 1.807) is 18.2 Å². The number of fused-ring (bicyclic) bond motifs is 3. The number of nitrogens with zero attached hydrogens (tertiary/aromatic N) is 4. The van der Waals surface area contributed by atoms with E-state index < -0.39 is 12.1 Å². The third-order valence-electron chi connectivity index (χ3n) is 14.7. The molecule has 16 heteroatoms. The van der Waals surface area contributed by atoms with E-state index in [1.165, 1.54) is 112 Å². The number of methoxy groups -OCH3 is 1. The number of aliphatic imine (C=N–C) groups is 1. The fraction of sp³-hybridized carbons (Fsp3) is 0.547. The molecule has 4 aromatic rings. The molecule has 2 saturated heterocycles. The molecule has 2 aliphatic carbocycles. The van der Waals surface area contributed by atoms with E-state index in [-0.39, 0.29) is 24.5 Å². The Labute approximate surface area is 419 Å². The molecule has 5 aliphatic rings. The van der Waals surface area contributed by atoms with E-state index in [9.17, 15) is 14.4 Å². The average molecular weight is 985 g/mol. The summed E-state index contributed by atoms with van der Waals surface area (Å²) < 4.78 is 4.32. The minimum absolute atomic E-state index is 0.0231. The standard InChI is InChI=1S/C39H46N6.C7H13NO3.C6H13NO.CH2O2.H2S2/c1-44-21-5-7-34(44)37-40-24-33(43-37)26-11-9-25(10-12-26)29-15-14-28(30-17-20-39(36(29)30)18-3-4-19-39)27-13-16-31-32(23-27)42-38(41-31)35-8-6-22-45(35)2;1-5(2)6(4-9)8-7(10)11-3;1-5(2)6(4-8)7-3;2-1-3;1-2/h9-16,23,33-35H,3-8,17-22,24H2,1-2H3,(H,40,43)(H,41,42);4-6H,1-3H3,(H,8,10);4-7H,1-3H3;1H,(H,2,3);1-2H. The second-order valence-corrected chi connectivity index (χ2v) is 19.5. The molecule has 376 valence electrons. The number of aromatic nitrogens is 2. The van der Waals surface area contributed by atoms with Gasteiger partial charge in [-0.25, -0.2) is 9.78 Å². The zero-order chi connectivity index (χ0) is 50.3. The Kier molecular flexibility index (Phi) is 21.2. The van der Waals surface area contributed by atoms with E-state index in [1.807, 2.05) is 27.7 Å². The monoisotopic (exact) mass is 985 g/mol. The maximum absolute atomic E-state index is 10.6. The topological polar surface area (TPSA) is 181 Å². The Morgan fingerprint density at radius 2 is 1.43 bits per heavy atom. The summed E-state index contributed by atoms with van der Waals surface area (Å²) in [5, 5.41) is 15.9. The molecule has 3 aliphatic heterocycles. The number of thiol groups is 2. The van der Waals surface area contributed by atoms with Crippen LogP contribution in [0.3, 0.4) is 0 Å². The number of imidazole rings is 1. The summed E-state index contributed by atoms with van der Waals surface area (Å²) in [5.74, 6) is 2.80. The van der Waals surface area contributed by atoms with Crippen molar-refractivity contribution in [1.29, 1.82) is 0 Å². The van der Waals surface area contributed by atoms with Gasteiger partial charge in [-0.3, -0.25) is 19.6 Å². The van der Waals surface area contributed by atoms with Gasteiger partial charge in [0.2, 0.25) is 0 Å². The van der Waals surface area contributed by atoms with E-state index in [2.05, 4.69) is 127 Å². The number of nitrogens with one attached hydrogen (secondary N) is 4. The number of aldehydes is 2. The molecule has 4 heterocycles. The molecular weight excluding hydrogens is 909 g/mol. The van der Waals surface area contributed by atoms with Crippen molar-refractivity contribution in [3.63, 3.8) is 0 Å². The maximum atomic E-state index is 10.6. The number of H-pyrrole nitrogens is 1. The molecule has 1 amide bonds. The largest absolute Gasteiger partial charge is 0.483 e. The van der Waals surface area contributed by atoms with Gasteiger partial charge < -0.3 is 40.4 Å². The number of benzene rings is 3. The maximum Gasteiger partial charge on any atom is 0.407 e. The number of aromatic amines is 1. The van der Waals surface area contributed by atoms with Crippen molar-refractivity contribution in [2.45, 2.75) is 128 Å². The second-order valence-electron chi connectivity index (χ2n) is 19.5. The van der Waals surface area contributed by atoms with E-state index in [4.69, 9.17) is 19.9 Å². The summed E-state index contributed by atoms with van der Waals surface area (Å²) in [6.07, 6.45) is 13.8. The van der Waals surface area contributed by atoms with Crippen molar-refractivity contribution in [2.75, 3.05) is 47.9 Å². The van der Waals surface area contributed by atoms with Crippen LogP contribution in [0.1, 0.15) is 120 Å². The Bertz CT molecular complexity index is 2330. The van der Waals surface area contributed by atoms with Crippen LogP contribution in [0.25, 0.3) is 33.3 Å². The molecule has 3 fully saturated rings. The smallest absolute Gasteiger partial charge is 0.407 e. The molecule has 5 atom stereocenters. The van der Waals surface area contributed by atoms with Crippen molar-refractivity contribution < 1.29 is 29.0 Å². The first-order valence-electron chi connectivity index (χ1n) is 24.5. The van der Waals surface area contributed by atoms with Crippen molar-refractivity contribution in [2.24, 2.45) is 16.8 Å². The van der Waals surface area contributed by atoms with Crippen LogP contribution in [-0.2, 0) is 31.0 Å². The highest BCUT2D eigenvalue weighted by molar-refractivity contribution is 8.59. The fourth-order valence-corrected chi connectivity index (χ4v) is 10.8. The van der Waals surface area contributed by atoms with Gasteiger partial charge in [0.05, 0.1) is 54.9 Å². The summed E-state index contributed by atoms with van der Waals surface area (Å²) in [7, 11) is 7.50. The van der Waals surface area contributed by atoms with Gasteiger partial charge >= 0.3 is 6.09 Å². The van der Waals surface area contributed by atoms with Crippen LogP contribution < -0.4 is 16.0 Å². The third kappa shape index (κ3) is 13.4. The summed E-state index contributed by atoms with van der Waals surface area (Å²) in [5.41, 5.74) is 12.7. The first-order valence-corrected chi connectivity index (χ1v) is 26.1. The Hall–Kier alpha value is -4.74. The number of alkyl carbamates (subject to hydrolysis) is 1. The number of likely N-dealkylation sites (N-methyl/N-ethyl adjacent to an activating group) is 2. The number of amidine groups is 1. The normalized spacial score (nSPS) is 21.0. The summed E-state index contributed by atoms with van der Waals surface area (Å²) >= 11 is 6.44. The number of likely N-dealkylation sites (tertiary alicyclic amines) is 2. The van der Waals surface area contributed by atoms with Crippen LogP contribution in [0.5, 0.6) is 0 Å². The molecular formula is C53H76N8O6S2. The first kappa shape index (κ1) is 55.2. The summed E-state index contributed by atoms with van der Waals surface area (Å²) in [4.78, 5) is 57.9. The van der Waals surface area contributed by atoms with Crippen molar-refractivity contribution in [1.82, 2.24) is 35.7 Å².